The first-order valence-electron chi connectivity index (χ1n) is 10.4. The highest BCUT2D eigenvalue weighted by molar-refractivity contribution is 8.00. The number of nitrogens with one attached hydrogen (secondary N) is 1. The minimum atomic E-state index is -3.58. The van der Waals surface area contributed by atoms with Crippen LogP contribution in [0, 0.1) is 0 Å². The van der Waals surface area contributed by atoms with Crippen LogP contribution in [0.4, 0.5) is 5.69 Å². The molecule has 1 unspecified atom stereocenters. The fraction of sp³-hybridized carbons (Fsp3) is 0.318. The summed E-state index contributed by atoms with van der Waals surface area (Å²) in [5, 5.41) is 10.7. The summed E-state index contributed by atoms with van der Waals surface area (Å²) in [4.78, 5) is 12.8. The number of sulfonamides is 1. The van der Waals surface area contributed by atoms with Crippen LogP contribution in [-0.4, -0.2) is 60.4 Å². The number of hydrogen-bond donors (Lipinski definition) is 1. The number of rotatable bonds is 8. The molecule has 174 valence electrons. The minimum absolute atomic E-state index is 0.182. The van der Waals surface area contributed by atoms with E-state index in [1.54, 1.807) is 19.1 Å². The Morgan fingerprint density at radius 1 is 1.09 bits per heavy atom. The topological polar surface area (TPSA) is 115 Å². The molecule has 9 nitrogen and oxygen atoms in total. The Balaban J connectivity index is 1.32. The van der Waals surface area contributed by atoms with E-state index in [1.807, 2.05) is 30.3 Å². The van der Waals surface area contributed by atoms with Gasteiger partial charge in [0, 0.05) is 18.8 Å². The highest BCUT2D eigenvalue weighted by Gasteiger charge is 2.26. The van der Waals surface area contributed by atoms with E-state index in [-0.39, 0.29) is 10.8 Å². The Kier molecular flexibility index (Phi) is 7.43. The van der Waals surface area contributed by atoms with Crippen molar-refractivity contribution in [2.24, 2.45) is 0 Å². The van der Waals surface area contributed by atoms with Crippen molar-refractivity contribution < 1.29 is 22.4 Å². The number of carbonyl (C=O) groups is 1. The lowest BCUT2D eigenvalue weighted by molar-refractivity contribution is -0.115. The number of anilines is 1. The molecule has 0 spiro atoms. The van der Waals surface area contributed by atoms with Gasteiger partial charge in [0.05, 0.1) is 29.8 Å². The normalized spacial score (nSPS) is 15.8. The van der Waals surface area contributed by atoms with Crippen molar-refractivity contribution in [2.75, 3.05) is 31.6 Å². The monoisotopic (exact) mass is 488 g/mol. The molecule has 2 heterocycles. The van der Waals surface area contributed by atoms with E-state index in [4.69, 9.17) is 9.15 Å². The summed E-state index contributed by atoms with van der Waals surface area (Å²) in [6, 6.07) is 15.9. The summed E-state index contributed by atoms with van der Waals surface area (Å²) in [5.74, 6) is 0.222. The highest BCUT2D eigenvalue weighted by Crippen LogP contribution is 2.24. The lowest BCUT2D eigenvalue weighted by Crippen LogP contribution is -2.40. The predicted octanol–water partition coefficient (Wildman–Crippen LogP) is 2.80. The summed E-state index contributed by atoms with van der Waals surface area (Å²) in [6.45, 7) is 3.17. The van der Waals surface area contributed by atoms with E-state index in [0.717, 1.165) is 17.3 Å². The molecule has 0 saturated carbocycles. The third kappa shape index (κ3) is 5.99. The molecule has 3 aromatic rings. The summed E-state index contributed by atoms with van der Waals surface area (Å²) < 4.78 is 37.7. The van der Waals surface area contributed by atoms with E-state index in [2.05, 4.69) is 15.5 Å². The zero-order valence-corrected chi connectivity index (χ0v) is 19.6. The maximum atomic E-state index is 12.7. The first kappa shape index (κ1) is 23.4. The van der Waals surface area contributed by atoms with Gasteiger partial charge in [0.15, 0.2) is 0 Å². The van der Waals surface area contributed by atoms with Crippen LogP contribution in [0.25, 0.3) is 0 Å². The molecule has 1 aliphatic heterocycles. The molecule has 0 bridgehead atoms. The zero-order chi connectivity index (χ0) is 23.3. The predicted molar refractivity (Wildman–Crippen MR) is 124 cm³/mol. The van der Waals surface area contributed by atoms with Crippen molar-refractivity contribution in [1.82, 2.24) is 14.5 Å². The van der Waals surface area contributed by atoms with Gasteiger partial charge in [-0.15, -0.1) is 10.2 Å². The molecule has 1 fully saturated rings. The van der Waals surface area contributed by atoms with Gasteiger partial charge in [-0.25, -0.2) is 8.42 Å². The Bertz CT molecular complexity index is 1180. The molecule has 4 rings (SSSR count). The molecule has 1 amide bonds. The number of benzene rings is 2. The summed E-state index contributed by atoms with van der Waals surface area (Å²) in [6.07, 6.45) is 0.523. The molecule has 1 N–H and O–H groups in total. The van der Waals surface area contributed by atoms with Crippen LogP contribution >= 0.6 is 11.8 Å². The van der Waals surface area contributed by atoms with Crippen LogP contribution < -0.4 is 5.32 Å². The maximum Gasteiger partial charge on any atom is 0.277 e. The number of ether oxygens (including phenoxy) is 1. The standard InChI is InChI=1S/C22H24N4O5S2/c1-16(32-22-25-24-20(31-22)15-17-5-3-2-4-6-17)21(27)23-18-7-9-19(10-8-18)33(28,29)26-11-13-30-14-12-26/h2-10,16H,11-15H2,1H3,(H,23,27). The van der Waals surface area contributed by atoms with Crippen LogP contribution in [0.5, 0.6) is 0 Å². The second kappa shape index (κ2) is 10.5. The van der Waals surface area contributed by atoms with Gasteiger partial charge in [-0.2, -0.15) is 4.31 Å². The fourth-order valence-corrected chi connectivity index (χ4v) is 5.33. The Labute approximate surface area is 196 Å². The number of thioether (sulfide) groups is 1. The van der Waals surface area contributed by atoms with Crippen molar-refractivity contribution in [1.29, 1.82) is 0 Å². The van der Waals surface area contributed by atoms with Crippen molar-refractivity contribution in [3.8, 4) is 0 Å². The van der Waals surface area contributed by atoms with Gasteiger partial charge in [-0.1, -0.05) is 42.1 Å². The van der Waals surface area contributed by atoms with Gasteiger partial charge in [0.2, 0.25) is 21.8 Å². The number of nitrogens with zero attached hydrogens (tertiary/aromatic N) is 3. The van der Waals surface area contributed by atoms with E-state index >= 15 is 0 Å². The zero-order valence-electron chi connectivity index (χ0n) is 18.0. The lowest BCUT2D eigenvalue weighted by Gasteiger charge is -2.26. The Morgan fingerprint density at radius 2 is 1.79 bits per heavy atom. The van der Waals surface area contributed by atoms with E-state index in [1.165, 1.54) is 16.4 Å². The molecule has 2 aromatic carbocycles. The van der Waals surface area contributed by atoms with Crippen LogP contribution in [-0.2, 0) is 26.0 Å². The molecule has 1 aliphatic rings. The number of morpholine rings is 1. The smallest absolute Gasteiger partial charge is 0.277 e. The quantitative estimate of drug-likeness (QED) is 0.482. The number of hydrogen-bond acceptors (Lipinski definition) is 8. The van der Waals surface area contributed by atoms with Crippen molar-refractivity contribution in [3.05, 3.63) is 66.1 Å². The van der Waals surface area contributed by atoms with Crippen LogP contribution in [0.2, 0.25) is 0 Å². The molecule has 33 heavy (non-hydrogen) atoms. The average Bonchev–Trinajstić information content (AvgIpc) is 3.27. The third-order valence-electron chi connectivity index (χ3n) is 5.02. The highest BCUT2D eigenvalue weighted by atomic mass is 32.2. The summed E-state index contributed by atoms with van der Waals surface area (Å²) >= 11 is 1.16. The molecule has 11 heteroatoms. The summed E-state index contributed by atoms with van der Waals surface area (Å²) in [5.41, 5.74) is 1.56. The van der Waals surface area contributed by atoms with Gasteiger partial charge >= 0.3 is 0 Å². The largest absolute Gasteiger partial charge is 0.416 e. The van der Waals surface area contributed by atoms with E-state index in [9.17, 15) is 13.2 Å². The van der Waals surface area contributed by atoms with Gasteiger partial charge in [0.25, 0.3) is 5.22 Å². The first-order valence-corrected chi connectivity index (χ1v) is 12.8. The van der Waals surface area contributed by atoms with Crippen LogP contribution in [0.3, 0.4) is 0 Å². The van der Waals surface area contributed by atoms with Crippen molar-refractivity contribution in [2.45, 2.75) is 28.7 Å². The maximum absolute atomic E-state index is 12.7. The van der Waals surface area contributed by atoms with E-state index in [0.29, 0.717) is 49.5 Å². The number of carbonyl (C=O) groups excluding carboxylic acids is 1. The first-order chi connectivity index (χ1) is 15.9. The summed E-state index contributed by atoms with van der Waals surface area (Å²) in [7, 11) is -3.58. The molecular weight excluding hydrogens is 464 g/mol. The van der Waals surface area contributed by atoms with Gasteiger partial charge in [-0.3, -0.25) is 4.79 Å². The van der Waals surface area contributed by atoms with Crippen molar-refractivity contribution >= 4 is 33.4 Å². The van der Waals surface area contributed by atoms with Gasteiger partial charge < -0.3 is 14.5 Å². The molecule has 0 radical (unpaired) electrons. The minimum Gasteiger partial charge on any atom is -0.416 e. The second-order valence-corrected chi connectivity index (χ2v) is 10.6. The Morgan fingerprint density at radius 3 is 2.48 bits per heavy atom. The van der Waals surface area contributed by atoms with Crippen LogP contribution in [0.1, 0.15) is 18.4 Å². The fourth-order valence-electron chi connectivity index (χ4n) is 3.22. The SMILES string of the molecule is CC(Sc1nnc(Cc2ccccc2)o1)C(=O)Nc1ccc(S(=O)(=O)N2CCOCC2)cc1. The number of aromatic nitrogens is 2. The van der Waals surface area contributed by atoms with Gasteiger partial charge in [0.1, 0.15) is 0 Å². The molecule has 1 atom stereocenters. The lowest BCUT2D eigenvalue weighted by atomic mass is 10.2. The molecular formula is C22H24N4O5S2. The molecule has 0 aliphatic carbocycles. The van der Waals surface area contributed by atoms with Gasteiger partial charge in [-0.05, 0) is 36.8 Å². The average molecular weight is 489 g/mol. The molecule has 1 saturated heterocycles. The Hall–Kier alpha value is -2.73. The van der Waals surface area contributed by atoms with Crippen LogP contribution in [0.15, 0.2) is 69.1 Å². The van der Waals surface area contributed by atoms with Crippen molar-refractivity contribution in [3.63, 3.8) is 0 Å². The third-order valence-corrected chi connectivity index (χ3v) is 7.87. The second-order valence-electron chi connectivity index (χ2n) is 7.41. The number of amides is 1. The van der Waals surface area contributed by atoms with E-state index < -0.39 is 15.3 Å². The molecule has 1 aromatic heterocycles.